The smallest absolute Gasteiger partial charge is 0.431 e. The van der Waals surface area contributed by atoms with E-state index < -0.39 is 17.3 Å². The average Bonchev–Trinajstić information content (AvgIpc) is 2.21. The van der Waals surface area contributed by atoms with E-state index in [1.807, 2.05) is 0 Å². The van der Waals surface area contributed by atoms with Crippen molar-refractivity contribution >= 4 is 17.7 Å². The molecular weight excluding hydrogens is 258 g/mol. The van der Waals surface area contributed by atoms with Gasteiger partial charge in [0.1, 0.15) is 5.60 Å². The van der Waals surface area contributed by atoms with Crippen molar-refractivity contribution in [2.75, 3.05) is 11.6 Å². The number of hydrogen-bond acceptors (Lipinski definition) is 4. The predicted octanol–water partition coefficient (Wildman–Crippen LogP) is 1.79. The molecule has 1 heterocycles. The zero-order valence-electron chi connectivity index (χ0n) is 10.8. The van der Waals surface area contributed by atoms with E-state index in [4.69, 9.17) is 16.3 Å². The Hall–Kier alpha value is -1.56. The lowest BCUT2D eigenvalue weighted by Gasteiger charge is -2.26. The summed E-state index contributed by atoms with van der Waals surface area (Å²) in [6, 6.07) is 2.60. The van der Waals surface area contributed by atoms with Crippen LogP contribution in [0.3, 0.4) is 0 Å². The zero-order chi connectivity index (χ0) is 13.9. The topological polar surface area (TPSA) is 64.4 Å². The van der Waals surface area contributed by atoms with Gasteiger partial charge in [0.25, 0.3) is 5.56 Å². The van der Waals surface area contributed by atoms with E-state index in [0.717, 1.165) is 9.80 Å². The average molecular weight is 274 g/mol. The van der Waals surface area contributed by atoms with Crippen molar-refractivity contribution in [2.45, 2.75) is 33.3 Å². The van der Waals surface area contributed by atoms with Crippen LogP contribution in [-0.4, -0.2) is 28.1 Å². The van der Waals surface area contributed by atoms with Crippen molar-refractivity contribution in [1.82, 2.24) is 9.89 Å². The normalized spacial score (nSPS) is 11.2. The van der Waals surface area contributed by atoms with Gasteiger partial charge in [0.2, 0.25) is 0 Å². The number of hydrogen-bond donors (Lipinski definition) is 0. The Bertz CT molecular complexity index is 493. The summed E-state index contributed by atoms with van der Waals surface area (Å²) in [4.78, 5) is 24.4. The Morgan fingerprint density at radius 1 is 1.50 bits per heavy atom. The van der Waals surface area contributed by atoms with Crippen molar-refractivity contribution < 1.29 is 9.53 Å². The molecule has 0 radical (unpaired) electrons. The molecule has 18 heavy (non-hydrogen) atoms. The van der Waals surface area contributed by atoms with Gasteiger partial charge in [-0.25, -0.2) is 4.79 Å². The van der Waals surface area contributed by atoms with Gasteiger partial charge in [0.05, 0.1) is 0 Å². The van der Waals surface area contributed by atoms with E-state index in [2.05, 4.69) is 5.10 Å². The first-order valence-electron chi connectivity index (χ1n) is 5.51. The van der Waals surface area contributed by atoms with Crippen LogP contribution in [0.1, 0.15) is 27.7 Å². The van der Waals surface area contributed by atoms with E-state index in [1.165, 1.54) is 12.1 Å². The zero-order valence-corrected chi connectivity index (χ0v) is 11.6. The minimum absolute atomic E-state index is 0.122. The summed E-state index contributed by atoms with van der Waals surface area (Å²) in [6.45, 7) is 7.17. The van der Waals surface area contributed by atoms with Crippen LogP contribution < -0.4 is 10.6 Å². The molecule has 7 heteroatoms. The highest BCUT2D eigenvalue weighted by atomic mass is 35.5. The fourth-order valence-corrected chi connectivity index (χ4v) is 1.34. The van der Waals surface area contributed by atoms with Crippen LogP contribution in [0.5, 0.6) is 0 Å². The van der Waals surface area contributed by atoms with Gasteiger partial charge in [-0.2, -0.15) is 5.01 Å². The first-order chi connectivity index (χ1) is 8.24. The summed E-state index contributed by atoms with van der Waals surface area (Å²) in [5.41, 5.74) is -1.10. The second-order valence-corrected chi connectivity index (χ2v) is 4.97. The lowest BCUT2D eigenvalue weighted by atomic mass is 10.2. The molecule has 0 saturated heterocycles. The van der Waals surface area contributed by atoms with Gasteiger partial charge in [-0.15, -0.1) is 9.89 Å². The third-order valence-electron chi connectivity index (χ3n) is 1.88. The Labute approximate surface area is 110 Å². The first-order valence-corrected chi connectivity index (χ1v) is 5.89. The van der Waals surface area contributed by atoms with E-state index in [1.54, 1.807) is 27.7 Å². The Morgan fingerprint density at radius 3 is 2.61 bits per heavy atom. The number of carbonyl (C=O) groups is 1. The van der Waals surface area contributed by atoms with E-state index in [-0.39, 0.29) is 11.7 Å². The SMILES string of the molecule is CCN(C(=O)OC(C)(C)C)n1nc(Cl)ccc1=O. The van der Waals surface area contributed by atoms with Gasteiger partial charge in [0.15, 0.2) is 5.15 Å². The molecule has 0 fully saturated rings. The van der Waals surface area contributed by atoms with Gasteiger partial charge in [-0.1, -0.05) is 11.6 Å². The van der Waals surface area contributed by atoms with Crippen LogP contribution in [0.25, 0.3) is 0 Å². The van der Waals surface area contributed by atoms with Crippen molar-refractivity contribution in [3.8, 4) is 0 Å². The van der Waals surface area contributed by atoms with Gasteiger partial charge in [-0.3, -0.25) is 4.79 Å². The molecule has 1 amide bonds. The van der Waals surface area contributed by atoms with E-state index in [0.29, 0.717) is 0 Å². The number of rotatable bonds is 2. The molecule has 0 aliphatic heterocycles. The van der Waals surface area contributed by atoms with Gasteiger partial charge < -0.3 is 4.74 Å². The van der Waals surface area contributed by atoms with Crippen LogP contribution in [-0.2, 0) is 4.74 Å². The van der Waals surface area contributed by atoms with Crippen molar-refractivity contribution in [1.29, 1.82) is 0 Å². The summed E-state index contributed by atoms with van der Waals surface area (Å²) >= 11 is 5.71. The molecule has 1 rings (SSSR count). The molecule has 0 N–H and O–H groups in total. The highest BCUT2D eigenvalue weighted by molar-refractivity contribution is 6.29. The summed E-state index contributed by atoms with van der Waals surface area (Å²) < 4.78 is 5.18. The van der Waals surface area contributed by atoms with Gasteiger partial charge >= 0.3 is 6.09 Å². The predicted molar refractivity (Wildman–Crippen MR) is 68.5 cm³/mol. The molecule has 0 spiro atoms. The second-order valence-electron chi connectivity index (χ2n) is 4.58. The Kier molecular flexibility index (Phi) is 4.34. The molecule has 0 aromatic carbocycles. The molecule has 6 nitrogen and oxygen atoms in total. The summed E-state index contributed by atoms with van der Waals surface area (Å²) in [5.74, 6) is 0. The number of aromatic nitrogens is 2. The van der Waals surface area contributed by atoms with Crippen LogP contribution >= 0.6 is 11.6 Å². The quantitative estimate of drug-likeness (QED) is 0.824. The second kappa shape index (κ2) is 5.39. The molecule has 0 aliphatic carbocycles. The van der Waals surface area contributed by atoms with Gasteiger partial charge in [0, 0.05) is 12.6 Å². The first kappa shape index (κ1) is 14.5. The molecule has 0 atom stereocenters. The molecule has 100 valence electrons. The van der Waals surface area contributed by atoms with Crippen molar-refractivity contribution in [3.63, 3.8) is 0 Å². The third kappa shape index (κ3) is 3.73. The largest absolute Gasteiger partial charge is 0.442 e. The standard InChI is InChI=1S/C11H16ClN3O3/c1-5-14(10(17)18-11(2,3)4)15-9(16)7-6-8(12)13-15/h6-7H,5H2,1-4H3. The number of carbonyl (C=O) groups excluding carboxylic acids is 1. The molecule has 0 unspecified atom stereocenters. The Morgan fingerprint density at radius 2 is 2.11 bits per heavy atom. The monoisotopic (exact) mass is 273 g/mol. The van der Waals surface area contributed by atoms with Crippen molar-refractivity contribution in [3.05, 3.63) is 27.6 Å². The molecule has 0 aliphatic rings. The number of ether oxygens (including phenoxy) is 1. The van der Waals surface area contributed by atoms with Crippen LogP contribution in [0, 0.1) is 0 Å². The molecule has 1 aromatic rings. The lowest BCUT2D eigenvalue weighted by molar-refractivity contribution is 0.0531. The summed E-state index contributed by atoms with van der Waals surface area (Å²) in [6.07, 6.45) is -0.651. The third-order valence-corrected chi connectivity index (χ3v) is 2.08. The summed E-state index contributed by atoms with van der Waals surface area (Å²) in [7, 11) is 0. The van der Waals surface area contributed by atoms with E-state index >= 15 is 0 Å². The highest BCUT2D eigenvalue weighted by Gasteiger charge is 2.23. The maximum atomic E-state index is 11.9. The number of nitrogens with zero attached hydrogens (tertiary/aromatic N) is 3. The maximum absolute atomic E-state index is 11.9. The van der Waals surface area contributed by atoms with Crippen molar-refractivity contribution in [2.24, 2.45) is 0 Å². The minimum atomic E-state index is -0.651. The van der Waals surface area contributed by atoms with Crippen LogP contribution in [0.2, 0.25) is 5.15 Å². The molecule has 0 bridgehead atoms. The Balaban J connectivity index is 3.06. The van der Waals surface area contributed by atoms with Crippen LogP contribution in [0.15, 0.2) is 16.9 Å². The maximum Gasteiger partial charge on any atom is 0.431 e. The van der Waals surface area contributed by atoms with Gasteiger partial charge in [-0.05, 0) is 33.8 Å². The highest BCUT2D eigenvalue weighted by Crippen LogP contribution is 2.09. The number of amides is 1. The molecule has 0 saturated carbocycles. The molecule has 1 aromatic heterocycles. The van der Waals surface area contributed by atoms with E-state index in [9.17, 15) is 9.59 Å². The molecular formula is C11H16ClN3O3. The number of halogens is 1. The fourth-order valence-electron chi connectivity index (χ4n) is 1.21. The summed E-state index contributed by atoms with van der Waals surface area (Å²) in [5, 5.41) is 4.99. The lowest BCUT2D eigenvalue weighted by Crippen LogP contribution is -2.49. The van der Waals surface area contributed by atoms with Crippen LogP contribution in [0.4, 0.5) is 4.79 Å². The minimum Gasteiger partial charge on any atom is -0.442 e. The fraction of sp³-hybridized carbons (Fsp3) is 0.545.